The zero-order valence-corrected chi connectivity index (χ0v) is 12.0. The third-order valence-corrected chi connectivity index (χ3v) is 3.66. The van der Waals surface area contributed by atoms with Crippen LogP contribution in [-0.2, 0) is 0 Å². The molecule has 7 heteroatoms. The molecule has 1 rings (SSSR count). The molecule has 1 fully saturated rings. The molecule has 1 aliphatic rings. The van der Waals surface area contributed by atoms with E-state index in [-0.39, 0.29) is 13.0 Å². The predicted molar refractivity (Wildman–Crippen MR) is 71.2 cm³/mol. The van der Waals surface area contributed by atoms with Gasteiger partial charge in [-0.05, 0) is 37.6 Å². The number of rotatable bonds is 3. The fraction of sp³-hybridized carbons (Fsp3) is 0.923. The van der Waals surface area contributed by atoms with Crippen LogP contribution >= 0.6 is 0 Å². The first-order valence-electron chi connectivity index (χ1n) is 7.06. The summed E-state index contributed by atoms with van der Waals surface area (Å²) in [5.74, 6) is 0.794. The summed E-state index contributed by atoms with van der Waals surface area (Å²) in [6.45, 7) is 5.01. The Morgan fingerprint density at radius 3 is 2.60 bits per heavy atom. The summed E-state index contributed by atoms with van der Waals surface area (Å²) in [5.41, 5.74) is 5.18. The number of amides is 2. The minimum absolute atomic E-state index is 0.113. The second kappa shape index (κ2) is 7.15. The molecule has 3 atom stereocenters. The second-order valence-corrected chi connectivity index (χ2v) is 5.80. The van der Waals surface area contributed by atoms with Gasteiger partial charge in [0.2, 0.25) is 0 Å². The molecule has 20 heavy (non-hydrogen) atoms. The fourth-order valence-corrected chi connectivity index (χ4v) is 2.63. The molecule has 1 saturated heterocycles. The molecule has 0 aromatic rings. The van der Waals surface area contributed by atoms with Crippen molar-refractivity contribution in [3.05, 3.63) is 0 Å². The van der Waals surface area contributed by atoms with Crippen molar-refractivity contribution in [1.29, 1.82) is 0 Å². The average Bonchev–Trinajstić information content (AvgIpc) is 2.48. The predicted octanol–water partition coefficient (Wildman–Crippen LogP) is 2.34. The normalized spacial score (nSPS) is 26.0. The number of urea groups is 1. The molecular formula is C13H24F3N3O. The van der Waals surface area contributed by atoms with E-state index in [2.05, 4.69) is 12.2 Å². The van der Waals surface area contributed by atoms with E-state index in [0.717, 1.165) is 12.8 Å². The standard InChI is InChI=1S/C13H24F3N3O/c1-9-4-6-19(8-10(2)7-9)12(20)18-11(3-5-17)13(14,15)16/h9-11H,3-8,17H2,1-2H3,(H,18,20). The Labute approximate surface area is 117 Å². The summed E-state index contributed by atoms with van der Waals surface area (Å²) in [6.07, 6.45) is -2.94. The zero-order valence-electron chi connectivity index (χ0n) is 12.0. The second-order valence-electron chi connectivity index (χ2n) is 5.80. The van der Waals surface area contributed by atoms with Crippen molar-refractivity contribution in [1.82, 2.24) is 10.2 Å². The van der Waals surface area contributed by atoms with Gasteiger partial charge in [-0.25, -0.2) is 4.79 Å². The number of nitrogens with one attached hydrogen (secondary N) is 1. The first-order valence-corrected chi connectivity index (χ1v) is 7.06. The number of hydrogen-bond donors (Lipinski definition) is 2. The highest BCUT2D eigenvalue weighted by atomic mass is 19.4. The largest absolute Gasteiger partial charge is 0.408 e. The molecular weight excluding hydrogens is 271 g/mol. The van der Waals surface area contributed by atoms with Gasteiger partial charge in [0.1, 0.15) is 6.04 Å². The summed E-state index contributed by atoms with van der Waals surface area (Å²) < 4.78 is 38.3. The number of halogens is 3. The first kappa shape index (κ1) is 17.1. The van der Waals surface area contributed by atoms with Gasteiger partial charge >= 0.3 is 12.2 Å². The van der Waals surface area contributed by atoms with E-state index < -0.39 is 18.2 Å². The zero-order chi connectivity index (χ0) is 15.3. The summed E-state index contributed by atoms with van der Waals surface area (Å²) in [7, 11) is 0. The molecule has 0 saturated carbocycles. The average molecular weight is 295 g/mol. The molecule has 4 nitrogen and oxygen atoms in total. The molecule has 1 aliphatic heterocycles. The van der Waals surface area contributed by atoms with Crippen molar-refractivity contribution in [3.63, 3.8) is 0 Å². The Bertz CT molecular complexity index is 322. The van der Waals surface area contributed by atoms with Crippen LogP contribution in [0.1, 0.15) is 33.1 Å². The molecule has 3 N–H and O–H groups in total. The van der Waals surface area contributed by atoms with Crippen LogP contribution in [0.15, 0.2) is 0 Å². The minimum Gasteiger partial charge on any atom is -0.330 e. The van der Waals surface area contributed by atoms with Gasteiger partial charge in [-0.1, -0.05) is 13.8 Å². The molecule has 0 aromatic carbocycles. The lowest BCUT2D eigenvalue weighted by Crippen LogP contribution is -2.52. The topological polar surface area (TPSA) is 58.4 Å². The van der Waals surface area contributed by atoms with Crippen molar-refractivity contribution in [3.8, 4) is 0 Å². The van der Waals surface area contributed by atoms with Crippen LogP contribution in [0.2, 0.25) is 0 Å². The number of hydrogen-bond acceptors (Lipinski definition) is 2. The number of nitrogens with zero attached hydrogens (tertiary/aromatic N) is 1. The molecule has 3 unspecified atom stereocenters. The van der Waals surface area contributed by atoms with Crippen molar-refractivity contribution in [2.24, 2.45) is 17.6 Å². The van der Waals surface area contributed by atoms with E-state index in [1.165, 1.54) is 4.90 Å². The lowest BCUT2D eigenvalue weighted by atomic mass is 9.97. The minimum atomic E-state index is -4.46. The monoisotopic (exact) mass is 295 g/mol. The van der Waals surface area contributed by atoms with E-state index in [0.29, 0.717) is 24.9 Å². The van der Waals surface area contributed by atoms with E-state index in [9.17, 15) is 18.0 Å². The Morgan fingerprint density at radius 2 is 2.05 bits per heavy atom. The molecule has 2 amide bonds. The van der Waals surface area contributed by atoms with Crippen LogP contribution in [-0.4, -0.2) is 42.8 Å². The number of alkyl halides is 3. The molecule has 1 heterocycles. The first-order chi connectivity index (χ1) is 9.24. The summed E-state index contributed by atoms with van der Waals surface area (Å²) in [5, 5.41) is 2.07. The number of carbonyl (C=O) groups excluding carboxylic acids is 1. The molecule has 0 spiro atoms. The van der Waals surface area contributed by atoms with Gasteiger partial charge in [0, 0.05) is 13.1 Å². The Morgan fingerprint density at radius 1 is 1.40 bits per heavy atom. The highest BCUT2D eigenvalue weighted by Gasteiger charge is 2.40. The Kier molecular flexibility index (Phi) is 6.10. The molecule has 0 aromatic heterocycles. The van der Waals surface area contributed by atoms with Crippen LogP contribution in [0.25, 0.3) is 0 Å². The van der Waals surface area contributed by atoms with Crippen LogP contribution in [0, 0.1) is 11.8 Å². The van der Waals surface area contributed by atoms with Crippen molar-refractivity contribution in [2.45, 2.75) is 45.3 Å². The molecule has 0 aliphatic carbocycles. The number of likely N-dealkylation sites (tertiary alicyclic amines) is 1. The number of carbonyl (C=O) groups is 1. The van der Waals surface area contributed by atoms with Gasteiger partial charge in [-0.3, -0.25) is 0 Å². The van der Waals surface area contributed by atoms with E-state index in [1.54, 1.807) is 0 Å². The van der Waals surface area contributed by atoms with E-state index >= 15 is 0 Å². The maximum Gasteiger partial charge on any atom is 0.408 e. The lowest BCUT2D eigenvalue weighted by Gasteiger charge is -2.27. The molecule has 118 valence electrons. The van der Waals surface area contributed by atoms with Crippen molar-refractivity contribution in [2.75, 3.05) is 19.6 Å². The Balaban J connectivity index is 2.63. The third-order valence-electron chi connectivity index (χ3n) is 3.66. The Hall–Kier alpha value is -0.980. The summed E-state index contributed by atoms with van der Waals surface area (Å²) >= 11 is 0. The van der Waals surface area contributed by atoms with Crippen LogP contribution in [0.4, 0.5) is 18.0 Å². The SMILES string of the molecule is CC1CCN(C(=O)NC(CCN)C(F)(F)F)CC(C)C1. The van der Waals surface area contributed by atoms with Gasteiger partial charge in [0.15, 0.2) is 0 Å². The third kappa shape index (κ3) is 5.19. The summed E-state index contributed by atoms with van der Waals surface area (Å²) in [6, 6.07) is -2.50. The fourth-order valence-electron chi connectivity index (χ4n) is 2.63. The van der Waals surface area contributed by atoms with E-state index in [4.69, 9.17) is 5.73 Å². The molecule has 0 radical (unpaired) electrons. The van der Waals surface area contributed by atoms with Gasteiger partial charge in [-0.2, -0.15) is 13.2 Å². The smallest absolute Gasteiger partial charge is 0.330 e. The summed E-state index contributed by atoms with van der Waals surface area (Å²) in [4.78, 5) is 13.5. The van der Waals surface area contributed by atoms with E-state index in [1.807, 2.05) is 6.92 Å². The number of nitrogens with two attached hydrogens (primary N) is 1. The maximum atomic E-state index is 12.8. The van der Waals surface area contributed by atoms with Crippen molar-refractivity contribution < 1.29 is 18.0 Å². The highest BCUT2D eigenvalue weighted by Crippen LogP contribution is 2.24. The quantitative estimate of drug-likeness (QED) is 0.839. The van der Waals surface area contributed by atoms with Crippen molar-refractivity contribution >= 4 is 6.03 Å². The van der Waals surface area contributed by atoms with Gasteiger partial charge in [-0.15, -0.1) is 0 Å². The van der Waals surface area contributed by atoms with Crippen LogP contribution < -0.4 is 11.1 Å². The highest BCUT2D eigenvalue weighted by molar-refractivity contribution is 5.74. The lowest BCUT2D eigenvalue weighted by molar-refractivity contribution is -0.154. The van der Waals surface area contributed by atoms with Gasteiger partial charge in [0.05, 0.1) is 0 Å². The maximum absolute atomic E-state index is 12.8. The molecule has 0 bridgehead atoms. The van der Waals surface area contributed by atoms with Crippen LogP contribution in [0.3, 0.4) is 0 Å². The van der Waals surface area contributed by atoms with Crippen LogP contribution in [0.5, 0.6) is 0 Å². The van der Waals surface area contributed by atoms with Gasteiger partial charge in [0.25, 0.3) is 0 Å². The van der Waals surface area contributed by atoms with Gasteiger partial charge < -0.3 is 16.0 Å².